The van der Waals surface area contributed by atoms with Gasteiger partial charge in [0.2, 0.25) is 0 Å². The van der Waals surface area contributed by atoms with Crippen LogP contribution in [-0.4, -0.2) is 34.0 Å². The van der Waals surface area contributed by atoms with Crippen molar-refractivity contribution in [1.29, 1.82) is 0 Å². The molecule has 2 atom stereocenters. The van der Waals surface area contributed by atoms with E-state index in [1.807, 2.05) is 17.0 Å². The van der Waals surface area contributed by atoms with Gasteiger partial charge in [-0.3, -0.25) is 9.78 Å². The number of hydrogen-bond donors (Lipinski definition) is 0. The average Bonchev–Trinajstić information content (AvgIpc) is 2.88. The molecule has 1 amide bonds. The Morgan fingerprint density at radius 1 is 1.12 bits per heavy atom. The quantitative estimate of drug-likeness (QED) is 0.855. The number of carbonyl (C=O) groups excluding carboxylic acids is 1. The third kappa shape index (κ3) is 3.08. The van der Waals surface area contributed by atoms with Gasteiger partial charge in [0.25, 0.3) is 5.91 Å². The maximum absolute atomic E-state index is 13.4. The second-order valence-corrected chi connectivity index (χ2v) is 6.63. The molecule has 0 saturated carbocycles. The van der Waals surface area contributed by atoms with Gasteiger partial charge in [0, 0.05) is 36.7 Å². The number of halogens is 2. The molecule has 4 nitrogen and oxygen atoms in total. The normalized spacial score (nSPS) is 25.0. The summed E-state index contributed by atoms with van der Waals surface area (Å²) in [6, 6.07) is 7.16. The van der Waals surface area contributed by atoms with Crippen LogP contribution in [0.25, 0.3) is 0 Å². The number of nitrogens with zero attached hydrogens (tertiary/aromatic N) is 2. The van der Waals surface area contributed by atoms with Crippen LogP contribution < -0.4 is 4.74 Å². The van der Waals surface area contributed by atoms with E-state index in [-0.39, 0.29) is 29.7 Å². The number of ether oxygens (including phenoxy) is 1. The number of pyridine rings is 1. The largest absolute Gasteiger partial charge is 0.489 e. The predicted octanol–water partition coefficient (Wildman–Crippen LogP) is 3.57. The summed E-state index contributed by atoms with van der Waals surface area (Å²) in [5.41, 5.74) is 0.197. The molecule has 3 heterocycles. The van der Waals surface area contributed by atoms with E-state index >= 15 is 0 Å². The van der Waals surface area contributed by atoms with Gasteiger partial charge in [-0.2, -0.15) is 0 Å². The van der Waals surface area contributed by atoms with Gasteiger partial charge in [-0.05, 0) is 43.2 Å². The fourth-order valence-corrected chi connectivity index (χ4v) is 3.94. The van der Waals surface area contributed by atoms with Crippen LogP contribution in [0.4, 0.5) is 8.78 Å². The Morgan fingerprint density at radius 2 is 1.88 bits per heavy atom. The molecule has 130 valence electrons. The summed E-state index contributed by atoms with van der Waals surface area (Å²) in [7, 11) is 0. The van der Waals surface area contributed by atoms with E-state index in [2.05, 4.69) is 4.98 Å². The molecule has 0 unspecified atom stereocenters. The standard InChI is InChI=1S/C19H18F2N2O2/c20-17-6-3-12(8-18(17)21)19(24)23-13-4-5-14(23)10-16(9-13)25-15-2-1-7-22-11-15/h1-3,6-8,11,13-14,16H,4-5,9-10H2/t13-,14-/m0/s1. The molecule has 6 heteroatoms. The molecule has 1 aromatic heterocycles. The maximum Gasteiger partial charge on any atom is 0.254 e. The number of benzene rings is 1. The summed E-state index contributed by atoms with van der Waals surface area (Å²) in [6.07, 6.45) is 6.71. The van der Waals surface area contributed by atoms with Crippen molar-refractivity contribution in [2.45, 2.75) is 43.9 Å². The van der Waals surface area contributed by atoms with Crippen molar-refractivity contribution in [3.63, 3.8) is 0 Å². The number of carbonyl (C=O) groups is 1. The zero-order chi connectivity index (χ0) is 17.4. The molecule has 0 aliphatic carbocycles. The van der Waals surface area contributed by atoms with Crippen molar-refractivity contribution in [2.24, 2.45) is 0 Å². The first kappa shape index (κ1) is 16.0. The number of fused-ring (bicyclic) bond motifs is 2. The van der Waals surface area contributed by atoms with Crippen molar-refractivity contribution >= 4 is 5.91 Å². The Hall–Kier alpha value is -2.50. The van der Waals surface area contributed by atoms with Gasteiger partial charge in [-0.1, -0.05) is 0 Å². The molecule has 0 radical (unpaired) electrons. The van der Waals surface area contributed by atoms with Crippen LogP contribution in [0.5, 0.6) is 5.75 Å². The lowest BCUT2D eigenvalue weighted by Crippen LogP contribution is -2.49. The molecule has 1 aromatic carbocycles. The first-order valence-corrected chi connectivity index (χ1v) is 8.46. The highest BCUT2D eigenvalue weighted by atomic mass is 19.2. The van der Waals surface area contributed by atoms with Gasteiger partial charge < -0.3 is 9.64 Å². The minimum Gasteiger partial charge on any atom is -0.489 e. The molecule has 2 saturated heterocycles. The summed E-state index contributed by atoms with van der Waals surface area (Å²) < 4.78 is 32.6. The average molecular weight is 344 g/mol. The Kier molecular flexibility index (Phi) is 4.11. The number of aromatic nitrogens is 1. The van der Waals surface area contributed by atoms with E-state index in [0.29, 0.717) is 0 Å². The molecule has 25 heavy (non-hydrogen) atoms. The van der Waals surface area contributed by atoms with E-state index in [1.54, 1.807) is 12.4 Å². The SMILES string of the molecule is O=C(c1ccc(F)c(F)c1)N1[C@H]2CC[C@H]1CC(Oc1cccnc1)C2. The van der Waals surface area contributed by atoms with Gasteiger partial charge in [-0.25, -0.2) is 8.78 Å². The molecular weight excluding hydrogens is 326 g/mol. The van der Waals surface area contributed by atoms with Gasteiger partial charge in [0.05, 0.1) is 6.20 Å². The topological polar surface area (TPSA) is 42.4 Å². The lowest BCUT2D eigenvalue weighted by atomic mass is 9.98. The number of rotatable bonds is 3. The summed E-state index contributed by atoms with van der Waals surface area (Å²) in [5, 5.41) is 0. The van der Waals surface area contributed by atoms with E-state index in [9.17, 15) is 13.6 Å². The molecule has 2 bridgehead atoms. The fraction of sp³-hybridized carbons (Fsp3) is 0.368. The molecule has 2 aromatic rings. The third-order valence-corrected chi connectivity index (χ3v) is 5.03. The van der Waals surface area contributed by atoms with Crippen LogP contribution in [-0.2, 0) is 0 Å². The van der Waals surface area contributed by atoms with E-state index in [0.717, 1.165) is 43.6 Å². The minimum absolute atomic E-state index is 0.0377. The number of amides is 1. The first-order valence-electron chi connectivity index (χ1n) is 8.46. The van der Waals surface area contributed by atoms with Crippen molar-refractivity contribution in [3.8, 4) is 5.75 Å². The lowest BCUT2D eigenvalue weighted by Gasteiger charge is -2.39. The van der Waals surface area contributed by atoms with Gasteiger partial charge in [0.1, 0.15) is 11.9 Å². The van der Waals surface area contributed by atoms with Crippen LogP contribution in [0.2, 0.25) is 0 Å². The highest BCUT2D eigenvalue weighted by Crippen LogP contribution is 2.38. The minimum atomic E-state index is -0.993. The Morgan fingerprint density at radius 3 is 2.52 bits per heavy atom. The van der Waals surface area contributed by atoms with Crippen LogP contribution in [0.1, 0.15) is 36.0 Å². The van der Waals surface area contributed by atoms with Crippen molar-refractivity contribution in [1.82, 2.24) is 9.88 Å². The van der Waals surface area contributed by atoms with Gasteiger partial charge in [0.15, 0.2) is 11.6 Å². The van der Waals surface area contributed by atoms with Crippen LogP contribution in [0.3, 0.4) is 0 Å². The maximum atomic E-state index is 13.4. The molecular formula is C19H18F2N2O2. The van der Waals surface area contributed by atoms with Gasteiger partial charge >= 0.3 is 0 Å². The second-order valence-electron chi connectivity index (χ2n) is 6.63. The van der Waals surface area contributed by atoms with Gasteiger partial charge in [-0.15, -0.1) is 0 Å². The second kappa shape index (κ2) is 6.43. The smallest absolute Gasteiger partial charge is 0.254 e. The Balaban J connectivity index is 1.48. The molecule has 0 N–H and O–H groups in total. The molecule has 0 spiro atoms. The molecule has 2 aliphatic rings. The summed E-state index contributed by atoms with van der Waals surface area (Å²) >= 11 is 0. The first-order chi connectivity index (χ1) is 12.1. The number of hydrogen-bond acceptors (Lipinski definition) is 3. The summed E-state index contributed by atoms with van der Waals surface area (Å²) in [6.45, 7) is 0. The van der Waals surface area contributed by atoms with Crippen LogP contribution in [0, 0.1) is 11.6 Å². The Bertz CT molecular complexity index is 770. The van der Waals surface area contributed by atoms with Crippen molar-refractivity contribution < 1.29 is 18.3 Å². The molecule has 2 aliphatic heterocycles. The summed E-state index contributed by atoms with van der Waals surface area (Å²) in [4.78, 5) is 18.7. The lowest BCUT2D eigenvalue weighted by molar-refractivity contribution is 0.0357. The van der Waals surface area contributed by atoms with Crippen molar-refractivity contribution in [2.75, 3.05) is 0 Å². The monoisotopic (exact) mass is 344 g/mol. The van der Waals surface area contributed by atoms with Crippen LogP contribution >= 0.6 is 0 Å². The Labute approximate surface area is 144 Å². The van der Waals surface area contributed by atoms with E-state index < -0.39 is 11.6 Å². The van der Waals surface area contributed by atoms with Crippen molar-refractivity contribution in [3.05, 3.63) is 59.9 Å². The van der Waals surface area contributed by atoms with Crippen LogP contribution in [0.15, 0.2) is 42.7 Å². The highest BCUT2D eigenvalue weighted by molar-refractivity contribution is 5.95. The fourth-order valence-electron chi connectivity index (χ4n) is 3.94. The third-order valence-electron chi connectivity index (χ3n) is 5.03. The zero-order valence-corrected chi connectivity index (χ0v) is 13.6. The predicted molar refractivity (Wildman–Crippen MR) is 87.2 cm³/mol. The van der Waals surface area contributed by atoms with E-state index in [4.69, 9.17) is 4.74 Å². The molecule has 2 fully saturated rings. The summed E-state index contributed by atoms with van der Waals surface area (Å²) in [5.74, 6) is -1.44. The highest BCUT2D eigenvalue weighted by Gasteiger charge is 2.44. The zero-order valence-electron chi connectivity index (χ0n) is 13.6. The molecule has 4 rings (SSSR count). The van der Waals surface area contributed by atoms with E-state index in [1.165, 1.54) is 6.07 Å². The number of piperidine rings is 1.